The highest BCUT2D eigenvalue weighted by Crippen LogP contribution is 2.30. The van der Waals surface area contributed by atoms with Gasteiger partial charge in [-0.3, -0.25) is 4.57 Å². The van der Waals surface area contributed by atoms with E-state index in [4.69, 9.17) is 0 Å². The van der Waals surface area contributed by atoms with Crippen LogP contribution in [0.5, 0.6) is 0 Å². The molecule has 0 bridgehead atoms. The van der Waals surface area contributed by atoms with Crippen molar-refractivity contribution in [1.82, 2.24) is 18.7 Å². The Kier molecular flexibility index (Phi) is 4.71. The summed E-state index contributed by atoms with van der Waals surface area (Å²) >= 11 is 0. The molecular weight excluding hydrogens is 364 g/mol. The number of benzene rings is 1. The standard InChI is InChI=1S/C19H26N4O3S/c1-14-5-3-4-6-17(14)27(25,26)21(2)16-9-10-18-20-23(13-15-7-8-15)19(24)22(18)12-11-16/h3-6,15-16H,7-13H2,1-2H3. The van der Waals surface area contributed by atoms with Crippen LogP contribution in [0.2, 0.25) is 0 Å². The van der Waals surface area contributed by atoms with E-state index in [-0.39, 0.29) is 11.7 Å². The average Bonchev–Trinajstić information content (AvgIpc) is 3.43. The van der Waals surface area contributed by atoms with E-state index in [0.717, 1.165) is 11.4 Å². The van der Waals surface area contributed by atoms with Crippen LogP contribution in [0.15, 0.2) is 34.0 Å². The molecule has 2 aliphatic rings. The van der Waals surface area contributed by atoms with E-state index in [2.05, 4.69) is 5.10 Å². The fourth-order valence-electron chi connectivity index (χ4n) is 3.84. The predicted octanol–water partition coefficient (Wildman–Crippen LogP) is 1.79. The normalized spacial score (nSPS) is 20.5. The molecule has 1 aliphatic carbocycles. The summed E-state index contributed by atoms with van der Waals surface area (Å²) in [6.07, 6.45) is 4.26. The zero-order valence-electron chi connectivity index (χ0n) is 15.8. The molecule has 0 saturated heterocycles. The third-order valence-electron chi connectivity index (χ3n) is 5.78. The molecule has 7 nitrogen and oxygen atoms in total. The summed E-state index contributed by atoms with van der Waals surface area (Å²) in [4.78, 5) is 12.9. The van der Waals surface area contributed by atoms with Crippen molar-refractivity contribution in [2.75, 3.05) is 7.05 Å². The highest BCUT2D eigenvalue weighted by Gasteiger charge is 2.32. The van der Waals surface area contributed by atoms with Crippen LogP contribution in [0.4, 0.5) is 0 Å². The van der Waals surface area contributed by atoms with Gasteiger partial charge in [-0.25, -0.2) is 17.9 Å². The van der Waals surface area contributed by atoms with Gasteiger partial charge in [0.05, 0.1) is 4.90 Å². The highest BCUT2D eigenvalue weighted by atomic mass is 32.2. The first-order valence-corrected chi connectivity index (χ1v) is 11.0. The molecule has 2 heterocycles. The van der Waals surface area contributed by atoms with Gasteiger partial charge < -0.3 is 0 Å². The van der Waals surface area contributed by atoms with Crippen molar-refractivity contribution in [3.05, 3.63) is 46.1 Å². The zero-order valence-corrected chi connectivity index (χ0v) is 16.7. The molecule has 0 radical (unpaired) electrons. The molecule has 1 aliphatic heterocycles. The van der Waals surface area contributed by atoms with Gasteiger partial charge >= 0.3 is 5.69 Å². The van der Waals surface area contributed by atoms with Gasteiger partial charge in [-0.1, -0.05) is 18.2 Å². The summed E-state index contributed by atoms with van der Waals surface area (Å²) < 4.78 is 30.9. The van der Waals surface area contributed by atoms with Crippen molar-refractivity contribution in [2.24, 2.45) is 5.92 Å². The molecule has 8 heteroatoms. The topological polar surface area (TPSA) is 77.2 Å². The van der Waals surface area contributed by atoms with Crippen LogP contribution >= 0.6 is 0 Å². The maximum Gasteiger partial charge on any atom is 0.345 e. The first-order chi connectivity index (χ1) is 12.9. The smallest absolute Gasteiger partial charge is 0.279 e. The highest BCUT2D eigenvalue weighted by molar-refractivity contribution is 7.89. The lowest BCUT2D eigenvalue weighted by Gasteiger charge is -2.26. The van der Waals surface area contributed by atoms with Gasteiger partial charge in [0.1, 0.15) is 5.82 Å². The van der Waals surface area contributed by atoms with E-state index in [1.807, 2.05) is 19.1 Å². The van der Waals surface area contributed by atoms with E-state index in [1.54, 1.807) is 28.4 Å². The number of rotatable bonds is 5. The lowest BCUT2D eigenvalue weighted by molar-refractivity contribution is 0.328. The van der Waals surface area contributed by atoms with E-state index in [0.29, 0.717) is 43.2 Å². The summed E-state index contributed by atoms with van der Waals surface area (Å²) in [5, 5.41) is 4.52. The summed E-state index contributed by atoms with van der Waals surface area (Å²) in [7, 11) is -1.92. The minimum Gasteiger partial charge on any atom is -0.279 e. The summed E-state index contributed by atoms with van der Waals surface area (Å²) in [6, 6.07) is 6.91. The maximum absolute atomic E-state index is 13.1. The largest absolute Gasteiger partial charge is 0.345 e. The molecule has 1 atom stereocenters. The molecule has 2 aromatic rings. The lowest BCUT2D eigenvalue weighted by atomic mass is 10.1. The fourth-order valence-corrected chi connectivity index (χ4v) is 5.48. The molecule has 0 N–H and O–H groups in total. The number of aryl methyl sites for hydroxylation is 2. The van der Waals surface area contributed by atoms with Gasteiger partial charge in [0.2, 0.25) is 10.0 Å². The number of fused-ring (bicyclic) bond motifs is 1. The van der Waals surface area contributed by atoms with Crippen molar-refractivity contribution >= 4 is 10.0 Å². The monoisotopic (exact) mass is 390 g/mol. The number of hydrogen-bond donors (Lipinski definition) is 0. The van der Waals surface area contributed by atoms with Gasteiger partial charge in [0.25, 0.3) is 0 Å². The van der Waals surface area contributed by atoms with Crippen LogP contribution in [0, 0.1) is 12.8 Å². The van der Waals surface area contributed by atoms with Gasteiger partial charge in [0.15, 0.2) is 0 Å². The number of aromatic nitrogens is 3. The Morgan fingerprint density at radius 1 is 1.19 bits per heavy atom. The first kappa shape index (κ1) is 18.4. The van der Waals surface area contributed by atoms with Crippen LogP contribution in [0.3, 0.4) is 0 Å². The van der Waals surface area contributed by atoms with E-state index >= 15 is 0 Å². The first-order valence-electron chi connectivity index (χ1n) is 9.58. The molecular formula is C19H26N4O3S. The fraction of sp³-hybridized carbons (Fsp3) is 0.579. The van der Waals surface area contributed by atoms with Gasteiger partial charge in [0, 0.05) is 32.6 Å². The average molecular weight is 391 g/mol. The SMILES string of the molecule is Cc1ccccc1S(=O)(=O)N(C)C1CCc2nn(CC3CC3)c(=O)n2CC1. The number of hydrogen-bond acceptors (Lipinski definition) is 4. The quantitative estimate of drug-likeness (QED) is 0.780. The third-order valence-corrected chi connectivity index (χ3v) is 7.85. The third kappa shape index (κ3) is 3.48. The minimum absolute atomic E-state index is 0.0537. The Hall–Kier alpha value is -1.93. The van der Waals surface area contributed by atoms with Crippen molar-refractivity contribution in [1.29, 1.82) is 0 Å². The van der Waals surface area contributed by atoms with E-state index in [9.17, 15) is 13.2 Å². The minimum atomic E-state index is -3.56. The molecule has 0 spiro atoms. The molecule has 1 aromatic heterocycles. The second-order valence-electron chi connectivity index (χ2n) is 7.74. The Morgan fingerprint density at radius 2 is 1.93 bits per heavy atom. The van der Waals surface area contributed by atoms with Crippen LogP contribution in [0.25, 0.3) is 0 Å². The molecule has 1 aromatic carbocycles. The van der Waals surface area contributed by atoms with Crippen molar-refractivity contribution in [3.63, 3.8) is 0 Å². The Morgan fingerprint density at radius 3 is 2.63 bits per heavy atom. The Bertz CT molecular complexity index is 1000. The summed E-state index contributed by atoms with van der Waals surface area (Å²) in [5.74, 6) is 1.38. The van der Waals surface area contributed by atoms with Crippen LogP contribution in [-0.4, -0.2) is 40.2 Å². The molecule has 1 unspecified atom stereocenters. The maximum atomic E-state index is 13.1. The van der Waals surface area contributed by atoms with Crippen molar-refractivity contribution in [2.45, 2.75) is 63.1 Å². The van der Waals surface area contributed by atoms with Crippen molar-refractivity contribution < 1.29 is 8.42 Å². The van der Waals surface area contributed by atoms with E-state index in [1.165, 1.54) is 17.1 Å². The molecule has 1 saturated carbocycles. The van der Waals surface area contributed by atoms with Crippen LogP contribution < -0.4 is 5.69 Å². The van der Waals surface area contributed by atoms with Gasteiger partial charge in [-0.2, -0.15) is 9.40 Å². The summed E-state index contributed by atoms with van der Waals surface area (Å²) in [5.41, 5.74) is 0.691. The molecule has 27 heavy (non-hydrogen) atoms. The Balaban J connectivity index is 1.53. The second kappa shape index (κ2) is 6.91. The van der Waals surface area contributed by atoms with Crippen molar-refractivity contribution in [3.8, 4) is 0 Å². The molecule has 0 amide bonds. The predicted molar refractivity (Wildman–Crippen MR) is 102 cm³/mol. The summed E-state index contributed by atoms with van der Waals surface area (Å²) in [6.45, 7) is 3.03. The molecule has 146 valence electrons. The molecule has 4 rings (SSSR count). The second-order valence-corrected chi connectivity index (χ2v) is 9.71. The van der Waals surface area contributed by atoms with Gasteiger partial charge in [-0.05, 0) is 50.2 Å². The zero-order chi connectivity index (χ0) is 19.2. The van der Waals surface area contributed by atoms with Crippen LogP contribution in [0.1, 0.15) is 37.1 Å². The Labute approximate surface area is 159 Å². The lowest BCUT2D eigenvalue weighted by Crippen LogP contribution is -2.38. The van der Waals surface area contributed by atoms with E-state index < -0.39 is 10.0 Å². The van der Waals surface area contributed by atoms with Gasteiger partial charge in [-0.15, -0.1) is 0 Å². The van der Waals surface area contributed by atoms with Crippen LogP contribution in [-0.2, 0) is 29.5 Å². The molecule has 1 fully saturated rings. The number of nitrogens with zero attached hydrogens (tertiary/aromatic N) is 4. The number of sulfonamides is 1.